The smallest absolute Gasteiger partial charge is 0.237 e. The van der Waals surface area contributed by atoms with Gasteiger partial charge in [-0.3, -0.25) is 4.79 Å². The van der Waals surface area contributed by atoms with Crippen LogP contribution in [-0.2, 0) is 4.79 Å². The van der Waals surface area contributed by atoms with Gasteiger partial charge >= 0.3 is 0 Å². The van der Waals surface area contributed by atoms with E-state index in [0.717, 1.165) is 33.8 Å². The Hall–Kier alpha value is -2.33. The van der Waals surface area contributed by atoms with Gasteiger partial charge in [0.2, 0.25) is 5.91 Å². The number of hydrogen-bond donors (Lipinski definition) is 1. The molecule has 4 heteroatoms. The summed E-state index contributed by atoms with van der Waals surface area (Å²) in [6.07, 6.45) is 0.743. The van der Waals surface area contributed by atoms with Crippen LogP contribution < -0.4 is 5.32 Å². The summed E-state index contributed by atoms with van der Waals surface area (Å²) in [6, 6.07) is 12.6. The summed E-state index contributed by atoms with van der Waals surface area (Å²) in [5.74, 6) is 0.0256. The normalized spacial score (nSPS) is 12.2. The SMILES string of the molecule is CCC(Sc1cc(C)c2cc(C)cc(C)c2n1)C(=O)Nc1cc(C)cc(C)c1. The van der Waals surface area contributed by atoms with Crippen LogP contribution in [0.2, 0.25) is 0 Å². The van der Waals surface area contributed by atoms with Gasteiger partial charge in [-0.2, -0.15) is 0 Å². The molecule has 1 N–H and O–H groups in total. The molecule has 0 fully saturated rings. The molecule has 0 aliphatic rings. The predicted molar refractivity (Wildman–Crippen MR) is 120 cm³/mol. The van der Waals surface area contributed by atoms with Crippen LogP contribution in [0.4, 0.5) is 5.69 Å². The Labute approximate surface area is 172 Å². The van der Waals surface area contributed by atoms with Gasteiger partial charge in [0.05, 0.1) is 15.8 Å². The highest BCUT2D eigenvalue weighted by Crippen LogP contribution is 2.30. The van der Waals surface area contributed by atoms with Crippen molar-refractivity contribution in [2.75, 3.05) is 5.32 Å². The van der Waals surface area contributed by atoms with Crippen molar-refractivity contribution in [2.45, 2.75) is 58.2 Å². The molecule has 28 heavy (non-hydrogen) atoms. The lowest BCUT2D eigenvalue weighted by atomic mass is 10.0. The molecular weight excluding hydrogens is 364 g/mol. The number of hydrogen-bond acceptors (Lipinski definition) is 3. The van der Waals surface area contributed by atoms with Crippen LogP contribution in [0.3, 0.4) is 0 Å². The number of carbonyl (C=O) groups excluding carboxylic acids is 1. The van der Waals surface area contributed by atoms with Crippen molar-refractivity contribution in [3.05, 3.63) is 64.2 Å². The van der Waals surface area contributed by atoms with E-state index in [2.05, 4.69) is 50.4 Å². The number of thioether (sulfide) groups is 1. The monoisotopic (exact) mass is 392 g/mol. The highest BCUT2D eigenvalue weighted by atomic mass is 32.2. The molecule has 146 valence electrons. The van der Waals surface area contributed by atoms with E-state index in [9.17, 15) is 4.79 Å². The average Bonchev–Trinajstić information content (AvgIpc) is 2.59. The molecular formula is C24H28N2OS. The molecule has 1 heterocycles. The molecule has 3 aromatic rings. The van der Waals surface area contributed by atoms with E-state index in [4.69, 9.17) is 4.98 Å². The van der Waals surface area contributed by atoms with E-state index >= 15 is 0 Å². The lowest BCUT2D eigenvalue weighted by Crippen LogP contribution is -2.24. The maximum absolute atomic E-state index is 12.9. The minimum Gasteiger partial charge on any atom is -0.325 e. The molecule has 1 aromatic heterocycles. The predicted octanol–water partition coefficient (Wildman–Crippen LogP) is 6.29. The van der Waals surface area contributed by atoms with Crippen molar-refractivity contribution in [3.63, 3.8) is 0 Å². The van der Waals surface area contributed by atoms with Crippen LogP contribution in [0.5, 0.6) is 0 Å². The molecule has 0 bridgehead atoms. The summed E-state index contributed by atoms with van der Waals surface area (Å²) in [5.41, 5.74) is 7.79. The Morgan fingerprint density at radius 2 is 1.57 bits per heavy atom. The molecule has 0 saturated carbocycles. The van der Waals surface area contributed by atoms with Gasteiger partial charge in [0, 0.05) is 11.1 Å². The van der Waals surface area contributed by atoms with Crippen molar-refractivity contribution in [2.24, 2.45) is 0 Å². The Bertz CT molecular complexity index is 1020. The van der Waals surface area contributed by atoms with Crippen molar-refractivity contribution in [1.82, 2.24) is 4.98 Å². The largest absolute Gasteiger partial charge is 0.325 e. The van der Waals surface area contributed by atoms with Gasteiger partial charge in [0.1, 0.15) is 0 Å². The van der Waals surface area contributed by atoms with Crippen LogP contribution >= 0.6 is 11.8 Å². The number of aromatic nitrogens is 1. The van der Waals surface area contributed by atoms with E-state index in [0.29, 0.717) is 0 Å². The van der Waals surface area contributed by atoms with Crippen LogP contribution in [0.1, 0.15) is 41.2 Å². The van der Waals surface area contributed by atoms with Crippen LogP contribution in [0.25, 0.3) is 10.9 Å². The minimum absolute atomic E-state index is 0.0256. The second kappa shape index (κ2) is 8.36. The second-order valence-corrected chi connectivity index (χ2v) is 8.86. The summed E-state index contributed by atoms with van der Waals surface area (Å²) >= 11 is 1.54. The molecule has 2 aromatic carbocycles. The fraction of sp³-hybridized carbons (Fsp3) is 0.333. The van der Waals surface area contributed by atoms with E-state index in [1.54, 1.807) is 11.8 Å². The lowest BCUT2D eigenvalue weighted by Gasteiger charge is -2.16. The quantitative estimate of drug-likeness (QED) is 0.519. The lowest BCUT2D eigenvalue weighted by molar-refractivity contribution is -0.115. The third-order valence-corrected chi connectivity index (χ3v) is 6.13. The van der Waals surface area contributed by atoms with Crippen molar-refractivity contribution >= 4 is 34.3 Å². The van der Waals surface area contributed by atoms with E-state index in [-0.39, 0.29) is 11.2 Å². The van der Waals surface area contributed by atoms with Gasteiger partial charge < -0.3 is 5.32 Å². The maximum atomic E-state index is 12.9. The number of carbonyl (C=O) groups is 1. The fourth-order valence-electron chi connectivity index (χ4n) is 3.61. The highest BCUT2D eigenvalue weighted by Gasteiger charge is 2.20. The van der Waals surface area contributed by atoms with Crippen molar-refractivity contribution in [3.8, 4) is 0 Å². The number of nitrogens with zero attached hydrogens (tertiary/aromatic N) is 1. The van der Waals surface area contributed by atoms with Crippen LogP contribution in [0.15, 0.2) is 41.4 Å². The zero-order valence-corrected chi connectivity index (χ0v) is 18.3. The molecule has 3 nitrogen and oxygen atoms in total. The summed E-state index contributed by atoms with van der Waals surface area (Å²) in [7, 11) is 0. The Balaban J connectivity index is 1.85. The van der Waals surface area contributed by atoms with Crippen LogP contribution in [-0.4, -0.2) is 16.1 Å². The third-order valence-electron chi connectivity index (χ3n) is 4.85. The molecule has 1 unspecified atom stereocenters. The summed E-state index contributed by atoms with van der Waals surface area (Å²) < 4.78 is 0. The fourth-order valence-corrected chi connectivity index (χ4v) is 4.63. The van der Waals surface area contributed by atoms with E-state index in [1.165, 1.54) is 22.1 Å². The second-order valence-electron chi connectivity index (χ2n) is 7.64. The molecule has 0 aliphatic heterocycles. The number of pyridine rings is 1. The number of rotatable bonds is 5. The number of nitrogens with one attached hydrogen (secondary N) is 1. The molecule has 0 saturated heterocycles. The number of aryl methyl sites for hydroxylation is 5. The first-order valence-electron chi connectivity index (χ1n) is 9.71. The molecule has 0 aliphatic carbocycles. The van der Waals surface area contributed by atoms with Crippen LogP contribution in [0, 0.1) is 34.6 Å². The van der Waals surface area contributed by atoms with E-state index < -0.39 is 0 Å². The first-order valence-corrected chi connectivity index (χ1v) is 10.6. The number of benzene rings is 2. The highest BCUT2D eigenvalue weighted by molar-refractivity contribution is 8.00. The third kappa shape index (κ3) is 4.56. The first-order chi connectivity index (χ1) is 13.3. The van der Waals surface area contributed by atoms with Gasteiger partial charge in [-0.25, -0.2) is 4.98 Å². The summed E-state index contributed by atoms with van der Waals surface area (Å²) in [4.78, 5) is 17.7. The van der Waals surface area contributed by atoms with Gasteiger partial charge in [-0.15, -0.1) is 0 Å². The molecule has 1 amide bonds. The van der Waals surface area contributed by atoms with Gasteiger partial charge in [-0.1, -0.05) is 36.4 Å². The molecule has 0 spiro atoms. The average molecular weight is 393 g/mol. The molecule has 1 atom stereocenters. The summed E-state index contributed by atoms with van der Waals surface area (Å²) in [5, 5.41) is 4.99. The number of fused-ring (bicyclic) bond motifs is 1. The van der Waals surface area contributed by atoms with Gasteiger partial charge in [0.15, 0.2) is 0 Å². The Morgan fingerprint density at radius 1 is 0.929 bits per heavy atom. The maximum Gasteiger partial charge on any atom is 0.237 e. The minimum atomic E-state index is -0.184. The molecule has 0 radical (unpaired) electrons. The van der Waals surface area contributed by atoms with Crippen molar-refractivity contribution < 1.29 is 4.79 Å². The van der Waals surface area contributed by atoms with Gasteiger partial charge in [-0.05, 0) is 87.6 Å². The van der Waals surface area contributed by atoms with Gasteiger partial charge in [0.25, 0.3) is 0 Å². The Kier molecular flexibility index (Phi) is 6.09. The topological polar surface area (TPSA) is 42.0 Å². The van der Waals surface area contributed by atoms with Crippen molar-refractivity contribution in [1.29, 1.82) is 0 Å². The standard InChI is InChI=1S/C24H28N2OS/c1-7-21(24(27)25-19-10-14(2)8-15(3)11-19)28-22-13-17(5)20-12-16(4)9-18(6)23(20)26-22/h8-13,21H,7H2,1-6H3,(H,25,27). The molecule has 3 rings (SSSR count). The van der Waals surface area contributed by atoms with E-state index in [1.807, 2.05) is 32.9 Å². The first kappa shape index (κ1) is 20.4. The number of amides is 1. The number of anilines is 1. The zero-order chi connectivity index (χ0) is 20.4. The zero-order valence-electron chi connectivity index (χ0n) is 17.5. The summed E-state index contributed by atoms with van der Waals surface area (Å²) in [6.45, 7) is 12.4. The Morgan fingerprint density at radius 3 is 2.21 bits per heavy atom.